The van der Waals surface area contributed by atoms with Crippen molar-refractivity contribution in [2.45, 2.75) is 65.7 Å². The number of carboxylic acid groups (broad SMARTS) is 1. The molecule has 0 saturated carbocycles. The number of carbonyl (C=O) groups is 1. The van der Waals surface area contributed by atoms with Crippen LogP contribution in [0.3, 0.4) is 0 Å². The summed E-state index contributed by atoms with van der Waals surface area (Å²) in [7, 11) is 0. The highest BCUT2D eigenvalue weighted by molar-refractivity contribution is 5.85. The van der Waals surface area contributed by atoms with Crippen LogP contribution in [0, 0.1) is 22.2 Å². The van der Waals surface area contributed by atoms with Gasteiger partial charge in [0.2, 0.25) is 0 Å². The second-order valence-corrected chi connectivity index (χ2v) is 13.9. The average Bonchev–Trinajstić information content (AvgIpc) is 2.99. The highest BCUT2D eigenvalue weighted by Crippen LogP contribution is 2.52. The van der Waals surface area contributed by atoms with E-state index >= 15 is 0 Å². The molecule has 0 aromatic carbocycles. The van der Waals surface area contributed by atoms with Crippen LogP contribution in [0.15, 0.2) is 49.1 Å². The van der Waals surface area contributed by atoms with Gasteiger partial charge in [0.1, 0.15) is 0 Å². The highest BCUT2D eigenvalue weighted by atomic mass is 35.5. The number of piperidine rings is 4. The van der Waals surface area contributed by atoms with Crippen molar-refractivity contribution in [3.63, 3.8) is 0 Å². The van der Waals surface area contributed by atoms with E-state index in [1.807, 2.05) is 24.8 Å². The van der Waals surface area contributed by atoms with Crippen molar-refractivity contribution in [2.75, 3.05) is 62.2 Å². The van der Waals surface area contributed by atoms with E-state index in [0.717, 1.165) is 32.4 Å². The first-order chi connectivity index (χ1) is 19.7. The Bertz CT molecular complexity index is 1110. The minimum absolute atomic E-state index is 0. The smallest absolute Gasteiger partial charge is 0.407 e. The summed E-state index contributed by atoms with van der Waals surface area (Å²) in [5, 5.41) is 12.9. The SMILES string of the molecule is CC(C)(C)C1CN(C(=O)O)CCC12CCN(c1ccncc1)CC2.Cl.Cl.c1cc(N2CCC3(CCNCC3)CC2)ccn1. The number of anilines is 2. The van der Waals surface area contributed by atoms with Gasteiger partial charge in [-0.1, -0.05) is 20.8 Å². The summed E-state index contributed by atoms with van der Waals surface area (Å²) >= 11 is 0. The molecule has 6 rings (SSSR count). The van der Waals surface area contributed by atoms with Gasteiger partial charge >= 0.3 is 6.09 Å². The molecule has 4 saturated heterocycles. The number of rotatable bonds is 2. The number of nitrogens with zero attached hydrogens (tertiary/aromatic N) is 5. The Labute approximate surface area is 270 Å². The Hall–Kier alpha value is -2.29. The van der Waals surface area contributed by atoms with Gasteiger partial charge < -0.3 is 25.1 Å². The van der Waals surface area contributed by atoms with Crippen molar-refractivity contribution < 1.29 is 9.90 Å². The first-order valence-electron chi connectivity index (χ1n) is 15.7. The normalized spacial score (nSPS) is 23.0. The summed E-state index contributed by atoms with van der Waals surface area (Å²) in [4.78, 5) is 26.2. The van der Waals surface area contributed by atoms with Crippen molar-refractivity contribution in [2.24, 2.45) is 22.2 Å². The molecule has 4 aliphatic rings. The van der Waals surface area contributed by atoms with E-state index in [1.54, 1.807) is 4.90 Å². The molecule has 2 spiro atoms. The van der Waals surface area contributed by atoms with Crippen LogP contribution in [0.4, 0.5) is 16.2 Å². The van der Waals surface area contributed by atoms with Gasteiger partial charge in [0.05, 0.1) is 0 Å². The maximum absolute atomic E-state index is 11.4. The molecule has 0 bridgehead atoms. The summed E-state index contributed by atoms with van der Waals surface area (Å²) in [6, 6.07) is 8.40. The van der Waals surface area contributed by atoms with Crippen molar-refractivity contribution in [3.05, 3.63) is 49.1 Å². The van der Waals surface area contributed by atoms with Crippen LogP contribution in [0.25, 0.3) is 0 Å². The maximum atomic E-state index is 11.4. The molecule has 240 valence electrons. The molecule has 43 heavy (non-hydrogen) atoms. The molecular formula is C33H52Cl2N6O2. The number of halogens is 2. The second-order valence-electron chi connectivity index (χ2n) is 13.9. The zero-order chi connectivity index (χ0) is 28.9. The zero-order valence-corrected chi connectivity index (χ0v) is 27.8. The first-order valence-corrected chi connectivity index (χ1v) is 15.7. The minimum Gasteiger partial charge on any atom is -0.465 e. The zero-order valence-electron chi connectivity index (χ0n) is 26.2. The van der Waals surface area contributed by atoms with E-state index in [2.05, 4.69) is 70.1 Å². The van der Waals surface area contributed by atoms with Crippen LogP contribution < -0.4 is 15.1 Å². The topological polar surface area (TPSA) is 84.8 Å². The van der Waals surface area contributed by atoms with Crippen molar-refractivity contribution >= 4 is 42.3 Å². The van der Waals surface area contributed by atoms with Gasteiger partial charge in [0.25, 0.3) is 0 Å². The van der Waals surface area contributed by atoms with Gasteiger partial charge in [0.15, 0.2) is 0 Å². The summed E-state index contributed by atoms with van der Waals surface area (Å²) < 4.78 is 0. The van der Waals surface area contributed by atoms with E-state index in [9.17, 15) is 9.90 Å². The number of nitrogens with one attached hydrogen (secondary N) is 1. The van der Waals surface area contributed by atoms with Crippen LogP contribution in [0.1, 0.15) is 65.7 Å². The molecule has 2 aromatic rings. The summed E-state index contributed by atoms with van der Waals surface area (Å²) in [5.74, 6) is 0.412. The number of aromatic nitrogens is 2. The largest absolute Gasteiger partial charge is 0.465 e. The third-order valence-electron chi connectivity index (χ3n) is 10.6. The van der Waals surface area contributed by atoms with Gasteiger partial charge in [-0.05, 0) is 104 Å². The lowest BCUT2D eigenvalue weighted by atomic mass is 9.57. The molecule has 6 heterocycles. The molecule has 0 aliphatic carbocycles. The first kappa shape index (κ1) is 35.2. The molecule has 2 N–H and O–H groups in total. The number of amides is 1. The average molecular weight is 636 g/mol. The van der Waals surface area contributed by atoms with E-state index < -0.39 is 6.09 Å². The third kappa shape index (κ3) is 8.46. The Morgan fingerprint density at radius 3 is 1.65 bits per heavy atom. The van der Waals surface area contributed by atoms with Crippen LogP contribution >= 0.6 is 24.8 Å². The lowest BCUT2D eigenvalue weighted by Crippen LogP contribution is -2.56. The molecule has 4 aliphatic heterocycles. The predicted molar refractivity (Wildman–Crippen MR) is 180 cm³/mol. The van der Waals surface area contributed by atoms with Gasteiger partial charge in [-0.25, -0.2) is 4.79 Å². The van der Waals surface area contributed by atoms with Crippen LogP contribution in [-0.2, 0) is 0 Å². The van der Waals surface area contributed by atoms with Crippen molar-refractivity contribution in [3.8, 4) is 0 Å². The predicted octanol–water partition coefficient (Wildman–Crippen LogP) is 6.61. The quantitative estimate of drug-likeness (QED) is 0.384. The van der Waals surface area contributed by atoms with Crippen LogP contribution in [0.5, 0.6) is 0 Å². The Kier molecular flexibility index (Phi) is 12.4. The Morgan fingerprint density at radius 2 is 1.21 bits per heavy atom. The molecular weight excluding hydrogens is 583 g/mol. The van der Waals surface area contributed by atoms with E-state index in [0.29, 0.717) is 24.4 Å². The Morgan fingerprint density at radius 1 is 0.767 bits per heavy atom. The molecule has 1 atom stereocenters. The molecule has 1 amide bonds. The molecule has 8 nitrogen and oxygen atoms in total. The second kappa shape index (κ2) is 15.1. The third-order valence-corrected chi connectivity index (χ3v) is 10.6. The van der Waals surface area contributed by atoms with Gasteiger partial charge in [-0.15, -0.1) is 24.8 Å². The lowest BCUT2D eigenvalue weighted by Gasteiger charge is -2.55. The van der Waals surface area contributed by atoms with E-state index in [-0.39, 0.29) is 35.6 Å². The monoisotopic (exact) mass is 634 g/mol. The van der Waals surface area contributed by atoms with Crippen LogP contribution in [0.2, 0.25) is 0 Å². The lowest BCUT2D eigenvalue weighted by molar-refractivity contribution is -0.0373. The highest BCUT2D eigenvalue weighted by Gasteiger charge is 2.50. The van der Waals surface area contributed by atoms with E-state index in [1.165, 1.54) is 63.2 Å². The fourth-order valence-corrected chi connectivity index (χ4v) is 8.02. The minimum atomic E-state index is -0.770. The molecule has 2 aromatic heterocycles. The fourth-order valence-electron chi connectivity index (χ4n) is 8.02. The number of hydrogen-bond acceptors (Lipinski definition) is 6. The van der Waals surface area contributed by atoms with Gasteiger partial charge in [-0.2, -0.15) is 0 Å². The Balaban J connectivity index is 0.000000236. The maximum Gasteiger partial charge on any atom is 0.407 e. The molecule has 0 radical (unpaired) electrons. The molecule has 4 fully saturated rings. The molecule has 10 heteroatoms. The van der Waals surface area contributed by atoms with Gasteiger partial charge in [0, 0.05) is 75.4 Å². The summed E-state index contributed by atoms with van der Waals surface area (Å²) in [6.45, 7) is 15.1. The summed E-state index contributed by atoms with van der Waals surface area (Å²) in [6.07, 6.45) is 15.5. The standard InChI is InChI=1S/C19H29N3O2.C14H21N3.2ClH/c1-18(2,3)16-14-22(17(23)24)13-8-19(16)6-11-21(12-7-19)15-4-9-20-10-5-15;1-7-15-8-2-13(1)17-11-5-14(6-12-17)3-9-16-10-4-14;;/h4-5,9-10,16H,6-8,11-14H2,1-3H3,(H,23,24);1-2,7-8,16H,3-6,9-12H2;2*1H. The fraction of sp³-hybridized carbons (Fsp3) is 0.667. The number of hydrogen-bond donors (Lipinski definition) is 2. The number of likely N-dealkylation sites (tertiary alicyclic amines) is 1. The van der Waals surface area contributed by atoms with Crippen molar-refractivity contribution in [1.29, 1.82) is 0 Å². The molecule has 1 unspecified atom stereocenters. The van der Waals surface area contributed by atoms with Crippen molar-refractivity contribution in [1.82, 2.24) is 20.2 Å². The van der Waals surface area contributed by atoms with Gasteiger partial charge in [-0.3, -0.25) is 9.97 Å². The van der Waals surface area contributed by atoms with Crippen LogP contribution in [-0.4, -0.2) is 78.4 Å². The van der Waals surface area contributed by atoms with E-state index in [4.69, 9.17) is 0 Å². The summed E-state index contributed by atoms with van der Waals surface area (Å²) in [5.41, 5.74) is 3.62. The number of pyridine rings is 2.